The maximum atomic E-state index is 12.7. The number of piperazine rings is 1. The van der Waals surface area contributed by atoms with E-state index < -0.39 is 5.97 Å². The summed E-state index contributed by atoms with van der Waals surface area (Å²) in [7, 11) is 0. The molecule has 3 fully saturated rings. The van der Waals surface area contributed by atoms with Crippen molar-refractivity contribution in [2.45, 2.75) is 31.7 Å². The molecule has 118 valence electrons. The number of hydrogen-bond acceptors (Lipinski definition) is 4. The highest BCUT2D eigenvalue weighted by Gasteiger charge is 2.43. The predicted octanol–water partition coefficient (Wildman–Crippen LogP) is -0.00660. The summed E-state index contributed by atoms with van der Waals surface area (Å²) in [5.74, 6) is 0.761. The molecule has 6 heteroatoms. The van der Waals surface area contributed by atoms with E-state index in [1.807, 2.05) is 4.90 Å². The molecule has 21 heavy (non-hydrogen) atoms. The van der Waals surface area contributed by atoms with Gasteiger partial charge in [-0.2, -0.15) is 0 Å². The van der Waals surface area contributed by atoms with E-state index in [1.54, 1.807) is 0 Å². The topological polar surface area (TPSA) is 72.9 Å². The molecule has 1 aliphatic carbocycles. The van der Waals surface area contributed by atoms with Crippen LogP contribution in [-0.4, -0.2) is 72.1 Å². The molecule has 3 rings (SSSR count). The number of amides is 1. The Kier molecular flexibility index (Phi) is 4.45. The average molecular weight is 295 g/mol. The van der Waals surface area contributed by atoms with Crippen molar-refractivity contribution < 1.29 is 14.7 Å². The monoisotopic (exact) mass is 295 g/mol. The lowest BCUT2D eigenvalue weighted by atomic mass is 9.93. The number of nitrogens with one attached hydrogen (secondary N) is 1. The zero-order valence-corrected chi connectivity index (χ0v) is 12.5. The van der Waals surface area contributed by atoms with Crippen LogP contribution in [0.15, 0.2) is 0 Å². The molecule has 3 atom stereocenters. The molecule has 2 aliphatic heterocycles. The standard InChI is InChI=1S/C15H25N3O3/c19-13(20)4-5-17-6-8-18(9-7-17)15(21)14-12-3-1-2-11(12)10-16-14/h11-12,14,16H,1-10H2,(H,19,20). The first-order valence-electron chi connectivity index (χ1n) is 8.11. The number of carboxylic acids is 1. The fraction of sp³-hybridized carbons (Fsp3) is 0.867. The number of fused-ring (bicyclic) bond motifs is 1. The van der Waals surface area contributed by atoms with Crippen molar-refractivity contribution in [2.75, 3.05) is 39.3 Å². The normalized spacial score (nSPS) is 33.1. The van der Waals surface area contributed by atoms with E-state index in [-0.39, 0.29) is 18.4 Å². The summed E-state index contributed by atoms with van der Waals surface area (Å²) < 4.78 is 0. The van der Waals surface area contributed by atoms with E-state index in [4.69, 9.17) is 5.11 Å². The van der Waals surface area contributed by atoms with Gasteiger partial charge in [-0.15, -0.1) is 0 Å². The highest BCUT2D eigenvalue weighted by molar-refractivity contribution is 5.83. The van der Waals surface area contributed by atoms with E-state index in [9.17, 15) is 9.59 Å². The van der Waals surface area contributed by atoms with Crippen LogP contribution < -0.4 is 5.32 Å². The maximum Gasteiger partial charge on any atom is 0.304 e. The lowest BCUT2D eigenvalue weighted by molar-refractivity contribution is -0.139. The van der Waals surface area contributed by atoms with Crippen LogP contribution in [0.25, 0.3) is 0 Å². The van der Waals surface area contributed by atoms with Gasteiger partial charge >= 0.3 is 5.97 Å². The van der Waals surface area contributed by atoms with Crippen LogP contribution in [0.4, 0.5) is 0 Å². The van der Waals surface area contributed by atoms with Gasteiger partial charge in [-0.05, 0) is 31.2 Å². The van der Waals surface area contributed by atoms with E-state index in [2.05, 4.69) is 10.2 Å². The van der Waals surface area contributed by atoms with Gasteiger partial charge in [0.05, 0.1) is 12.5 Å². The summed E-state index contributed by atoms with van der Waals surface area (Å²) in [6.07, 6.45) is 3.91. The first kappa shape index (κ1) is 14.8. The summed E-state index contributed by atoms with van der Waals surface area (Å²) in [5, 5.41) is 12.1. The Hall–Kier alpha value is -1.14. The summed E-state index contributed by atoms with van der Waals surface area (Å²) in [4.78, 5) is 27.4. The molecular weight excluding hydrogens is 270 g/mol. The number of carboxylic acid groups (broad SMARTS) is 1. The van der Waals surface area contributed by atoms with Gasteiger partial charge in [-0.3, -0.25) is 14.5 Å². The molecule has 0 aromatic heterocycles. The van der Waals surface area contributed by atoms with Crippen LogP contribution in [0, 0.1) is 11.8 Å². The minimum absolute atomic E-state index is 0.0306. The SMILES string of the molecule is O=C(O)CCN1CCN(C(=O)C2NCC3CCCC32)CC1. The lowest BCUT2D eigenvalue weighted by Gasteiger charge is -2.36. The van der Waals surface area contributed by atoms with E-state index in [1.165, 1.54) is 19.3 Å². The highest BCUT2D eigenvalue weighted by atomic mass is 16.4. The van der Waals surface area contributed by atoms with Crippen LogP contribution in [0.5, 0.6) is 0 Å². The van der Waals surface area contributed by atoms with Crippen LogP contribution >= 0.6 is 0 Å². The smallest absolute Gasteiger partial charge is 0.304 e. The molecule has 0 aromatic rings. The Bertz CT molecular complexity index is 407. The first-order chi connectivity index (χ1) is 10.1. The molecule has 0 radical (unpaired) electrons. The quantitative estimate of drug-likeness (QED) is 0.763. The molecule has 0 aromatic carbocycles. The van der Waals surface area contributed by atoms with Crippen LogP contribution in [0.3, 0.4) is 0 Å². The molecule has 1 amide bonds. The summed E-state index contributed by atoms with van der Waals surface area (Å²) in [6, 6.07) is 0.0306. The molecule has 6 nitrogen and oxygen atoms in total. The third-order valence-electron chi connectivity index (χ3n) is 5.34. The molecule has 0 spiro atoms. The van der Waals surface area contributed by atoms with Gasteiger partial charge in [0.2, 0.25) is 5.91 Å². The van der Waals surface area contributed by atoms with Crippen molar-refractivity contribution in [1.29, 1.82) is 0 Å². The summed E-state index contributed by atoms with van der Waals surface area (Å²) in [6.45, 7) is 4.63. The fourth-order valence-corrected chi connectivity index (χ4v) is 4.10. The molecule has 2 heterocycles. The Morgan fingerprint density at radius 1 is 1.14 bits per heavy atom. The second-order valence-electron chi connectivity index (χ2n) is 6.55. The van der Waals surface area contributed by atoms with Crippen molar-refractivity contribution in [2.24, 2.45) is 11.8 Å². The predicted molar refractivity (Wildman–Crippen MR) is 77.9 cm³/mol. The van der Waals surface area contributed by atoms with Gasteiger partial charge in [-0.1, -0.05) is 6.42 Å². The lowest BCUT2D eigenvalue weighted by Crippen LogP contribution is -2.54. The fourth-order valence-electron chi connectivity index (χ4n) is 4.10. The number of hydrogen-bond donors (Lipinski definition) is 2. The van der Waals surface area contributed by atoms with Crippen LogP contribution in [-0.2, 0) is 9.59 Å². The number of rotatable bonds is 4. The van der Waals surface area contributed by atoms with E-state index in [0.717, 1.165) is 32.7 Å². The van der Waals surface area contributed by atoms with Crippen LogP contribution in [0.1, 0.15) is 25.7 Å². The molecule has 3 aliphatic rings. The number of carbonyl (C=O) groups is 2. The molecule has 1 saturated carbocycles. The van der Waals surface area contributed by atoms with Gasteiger partial charge in [0.25, 0.3) is 0 Å². The Morgan fingerprint density at radius 3 is 2.62 bits per heavy atom. The highest BCUT2D eigenvalue weighted by Crippen LogP contribution is 2.38. The van der Waals surface area contributed by atoms with Crippen molar-refractivity contribution >= 4 is 11.9 Å². The van der Waals surface area contributed by atoms with Gasteiger partial charge in [0, 0.05) is 32.7 Å². The molecular formula is C15H25N3O3. The molecule has 3 unspecified atom stereocenters. The van der Waals surface area contributed by atoms with Crippen molar-refractivity contribution in [3.8, 4) is 0 Å². The average Bonchev–Trinajstić information content (AvgIpc) is 3.07. The van der Waals surface area contributed by atoms with Gasteiger partial charge in [0.15, 0.2) is 0 Å². The van der Waals surface area contributed by atoms with E-state index in [0.29, 0.717) is 18.4 Å². The number of carbonyl (C=O) groups excluding carboxylic acids is 1. The minimum Gasteiger partial charge on any atom is -0.481 e. The third kappa shape index (κ3) is 3.21. The number of aliphatic carboxylic acids is 1. The Balaban J connectivity index is 1.48. The van der Waals surface area contributed by atoms with Crippen molar-refractivity contribution in [1.82, 2.24) is 15.1 Å². The van der Waals surface area contributed by atoms with Gasteiger partial charge < -0.3 is 15.3 Å². The number of nitrogens with zero attached hydrogens (tertiary/aromatic N) is 2. The second kappa shape index (κ2) is 6.32. The van der Waals surface area contributed by atoms with Gasteiger partial charge in [0.1, 0.15) is 0 Å². The first-order valence-corrected chi connectivity index (χ1v) is 8.11. The molecule has 0 bridgehead atoms. The third-order valence-corrected chi connectivity index (χ3v) is 5.34. The van der Waals surface area contributed by atoms with E-state index >= 15 is 0 Å². The van der Waals surface area contributed by atoms with Crippen LogP contribution in [0.2, 0.25) is 0 Å². The van der Waals surface area contributed by atoms with Gasteiger partial charge in [-0.25, -0.2) is 0 Å². The van der Waals surface area contributed by atoms with Crippen molar-refractivity contribution in [3.63, 3.8) is 0 Å². The Morgan fingerprint density at radius 2 is 1.90 bits per heavy atom. The zero-order valence-electron chi connectivity index (χ0n) is 12.5. The minimum atomic E-state index is -0.754. The molecule has 2 saturated heterocycles. The zero-order chi connectivity index (χ0) is 14.8. The summed E-state index contributed by atoms with van der Waals surface area (Å²) >= 11 is 0. The Labute approximate surface area is 125 Å². The maximum absolute atomic E-state index is 12.7. The molecule has 2 N–H and O–H groups in total. The largest absolute Gasteiger partial charge is 0.481 e. The second-order valence-corrected chi connectivity index (χ2v) is 6.55. The summed E-state index contributed by atoms with van der Waals surface area (Å²) in [5.41, 5.74) is 0. The van der Waals surface area contributed by atoms with Crippen molar-refractivity contribution in [3.05, 3.63) is 0 Å².